The molecule has 2 aromatic rings. The standard InChI is InChI=1S/C19H24N2OS/c1-5-21(4)19(23)13-17-11-12-18(20-14(17)2)22-15(3)16-9-7-6-8-10-16/h6-12,15H,5,13H2,1-4H3. The Morgan fingerprint density at radius 3 is 2.52 bits per heavy atom. The van der Waals surface area contributed by atoms with Gasteiger partial charge in [0, 0.05) is 31.8 Å². The second-order valence-corrected chi connectivity index (χ2v) is 6.12. The molecule has 0 radical (unpaired) electrons. The van der Waals surface area contributed by atoms with E-state index in [4.69, 9.17) is 17.0 Å². The summed E-state index contributed by atoms with van der Waals surface area (Å²) in [5, 5.41) is 0. The summed E-state index contributed by atoms with van der Waals surface area (Å²) in [6.07, 6.45) is 0.716. The smallest absolute Gasteiger partial charge is 0.214 e. The molecule has 122 valence electrons. The molecule has 1 aromatic heterocycles. The fourth-order valence-corrected chi connectivity index (χ4v) is 2.55. The summed E-state index contributed by atoms with van der Waals surface area (Å²) in [5.41, 5.74) is 3.26. The number of rotatable bonds is 6. The summed E-state index contributed by atoms with van der Waals surface area (Å²) in [6.45, 7) is 7.05. The molecule has 1 atom stereocenters. The summed E-state index contributed by atoms with van der Waals surface area (Å²) < 4.78 is 5.96. The van der Waals surface area contributed by atoms with Crippen LogP contribution < -0.4 is 4.74 Å². The van der Waals surface area contributed by atoms with Gasteiger partial charge in [0.25, 0.3) is 0 Å². The van der Waals surface area contributed by atoms with Crippen molar-refractivity contribution in [3.8, 4) is 5.88 Å². The van der Waals surface area contributed by atoms with Crippen LogP contribution in [0.5, 0.6) is 5.88 Å². The first-order chi connectivity index (χ1) is 11.0. The van der Waals surface area contributed by atoms with Crippen molar-refractivity contribution in [2.75, 3.05) is 13.6 Å². The monoisotopic (exact) mass is 328 g/mol. The lowest BCUT2D eigenvalue weighted by Crippen LogP contribution is -2.26. The van der Waals surface area contributed by atoms with Gasteiger partial charge in [-0.2, -0.15) is 0 Å². The van der Waals surface area contributed by atoms with Gasteiger partial charge in [0.05, 0.1) is 4.99 Å². The average molecular weight is 328 g/mol. The molecular formula is C19H24N2OS. The van der Waals surface area contributed by atoms with Crippen LogP contribution in [0.15, 0.2) is 42.5 Å². The summed E-state index contributed by atoms with van der Waals surface area (Å²) >= 11 is 5.45. The Hall–Kier alpha value is -1.94. The highest BCUT2D eigenvalue weighted by Crippen LogP contribution is 2.21. The minimum Gasteiger partial charge on any atom is -0.470 e. The Bertz CT molecular complexity index is 658. The van der Waals surface area contributed by atoms with Crippen LogP contribution in [0.2, 0.25) is 0 Å². The number of aromatic nitrogens is 1. The Balaban J connectivity index is 2.06. The number of nitrogens with zero attached hydrogens (tertiary/aromatic N) is 2. The van der Waals surface area contributed by atoms with E-state index in [1.54, 1.807) is 0 Å². The van der Waals surface area contributed by atoms with Gasteiger partial charge in [0.15, 0.2) is 0 Å². The first-order valence-electron chi connectivity index (χ1n) is 7.93. The fourth-order valence-electron chi connectivity index (χ4n) is 2.27. The molecule has 0 aliphatic heterocycles. The van der Waals surface area contributed by atoms with Crippen LogP contribution in [0.3, 0.4) is 0 Å². The Morgan fingerprint density at radius 2 is 1.91 bits per heavy atom. The third-order valence-corrected chi connectivity index (χ3v) is 4.43. The second-order valence-electron chi connectivity index (χ2n) is 5.65. The fraction of sp³-hybridized carbons (Fsp3) is 0.368. The number of ether oxygens (including phenoxy) is 1. The third kappa shape index (κ3) is 4.76. The largest absolute Gasteiger partial charge is 0.470 e. The van der Waals surface area contributed by atoms with Gasteiger partial charge in [-0.05, 0) is 31.9 Å². The van der Waals surface area contributed by atoms with E-state index in [1.165, 1.54) is 0 Å². The van der Waals surface area contributed by atoms with Crippen molar-refractivity contribution in [1.29, 1.82) is 0 Å². The van der Waals surface area contributed by atoms with E-state index in [0.717, 1.165) is 34.8 Å². The lowest BCUT2D eigenvalue weighted by molar-refractivity contribution is 0.217. The molecule has 3 nitrogen and oxygen atoms in total. The topological polar surface area (TPSA) is 25.4 Å². The average Bonchev–Trinajstić information content (AvgIpc) is 2.57. The molecule has 1 heterocycles. The van der Waals surface area contributed by atoms with E-state index in [1.807, 2.05) is 45.2 Å². The number of hydrogen-bond acceptors (Lipinski definition) is 3. The number of hydrogen-bond donors (Lipinski definition) is 0. The van der Waals surface area contributed by atoms with Gasteiger partial charge in [-0.25, -0.2) is 4.98 Å². The number of benzene rings is 1. The minimum absolute atomic E-state index is 0.0266. The van der Waals surface area contributed by atoms with Crippen molar-refractivity contribution in [3.05, 3.63) is 59.3 Å². The van der Waals surface area contributed by atoms with E-state index in [0.29, 0.717) is 5.88 Å². The van der Waals surface area contributed by atoms with Gasteiger partial charge >= 0.3 is 0 Å². The molecule has 0 amide bonds. The maximum absolute atomic E-state index is 5.96. The molecule has 0 aliphatic carbocycles. The molecule has 0 saturated heterocycles. The van der Waals surface area contributed by atoms with Gasteiger partial charge in [-0.15, -0.1) is 0 Å². The molecule has 0 fully saturated rings. The molecule has 1 aromatic carbocycles. The van der Waals surface area contributed by atoms with Crippen LogP contribution in [0, 0.1) is 6.92 Å². The number of likely N-dealkylation sites (N-methyl/N-ethyl adjacent to an activating group) is 1. The van der Waals surface area contributed by atoms with Gasteiger partial charge < -0.3 is 9.64 Å². The van der Waals surface area contributed by atoms with Gasteiger partial charge in [-0.3, -0.25) is 0 Å². The van der Waals surface area contributed by atoms with Crippen LogP contribution in [-0.2, 0) is 6.42 Å². The quantitative estimate of drug-likeness (QED) is 0.736. The Labute approximate surface area is 144 Å². The predicted octanol–water partition coefficient (Wildman–Crippen LogP) is 4.35. The first kappa shape index (κ1) is 17.4. The highest BCUT2D eigenvalue weighted by molar-refractivity contribution is 7.80. The van der Waals surface area contributed by atoms with Crippen molar-refractivity contribution in [1.82, 2.24) is 9.88 Å². The predicted molar refractivity (Wildman–Crippen MR) is 99.1 cm³/mol. The first-order valence-corrected chi connectivity index (χ1v) is 8.34. The molecule has 1 unspecified atom stereocenters. The Morgan fingerprint density at radius 1 is 1.22 bits per heavy atom. The molecule has 4 heteroatoms. The summed E-state index contributed by atoms with van der Waals surface area (Å²) in [7, 11) is 2.02. The SMILES string of the molecule is CCN(C)C(=S)Cc1ccc(OC(C)c2ccccc2)nc1C. The normalized spacial score (nSPS) is 11.8. The van der Waals surface area contributed by atoms with E-state index < -0.39 is 0 Å². The molecular weight excluding hydrogens is 304 g/mol. The second kappa shape index (κ2) is 8.06. The zero-order valence-corrected chi connectivity index (χ0v) is 15.1. The molecule has 23 heavy (non-hydrogen) atoms. The summed E-state index contributed by atoms with van der Waals surface area (Å²) in [6, 6.07) is 14.1. The maximum Gasteiger partial charge on any atom is 0.214 e. The van der Waals surface area contributed by atoms with Crippen LogP contribution in [0.1, 0.15) is 36.8 Å². The Kier molecular flexibility index (Phi) is 6.11. The van der Waals surface area contributed by atoms with Crippen molar-refractivity contribution in [2.45, 2.75) is 33.3 Å². The van der Waals surface area contributed by atoms with Crippen LogP contribution in [-0.4, -0.2) is 28.5 Å². The van der Waals surface area contributed by atoms with E-state index in [-0.39, 0.29) is 6.10 Å². The van der Waals surface area contributed by atoms with Gasteiger partial charge in [0.1, 0.15) is 6.10 Å². The number of pyridine rings is 1. The highest BCUT2D eigenvalue weighted by atomic mass is 32.1. The van der Waals surface area contributed by atoms with Crippen molar-refractivity contribution in [2.24, 2.45) is 0 Å². The van der Waals surface area contributed by atoms with Gasteiger partial charge in [-0.1, -0.05) is 48.6 Å². The zero-order valence-electron chi connectivity index (χ0n) is 14.2. The summed E-state index contributed by atoms with van der Waals surface area (Å²) in [4.78, 5) is 7.59. The number of thiocarbonyl (C=S) groups is 1. The molecule has 0 saturated carbocycles. The van der Waals surface area contributed by atoms with Crippen LogP contribution in [0.25, 0.3) is 0 Å². The molecule has 0 N–H and O–H groups in total. The highest BCUT2D eigenvalue weighted by Gasteiger charge is 2.11. The van der Waals surface area contributed by atoms with Crippen LogP contribution >= 0.6 is 12.2 Å². The molecule has 0 bridgehead atoms. The molecule has 0 spiro atoms. The number of aryl methyl sites for hydroxylation is 1. The van der Waals surface area contributed by atoms with E-state index in [2.05, 4.69) is 35.0 Å². The maximum atomic E-state index is 5.96. The summed E-state index contributed by atoms with van der Waals surface area (Å²) in [5.74, 6) is 0.650. The molecule has 2 rings (SSSR count). The van der Waals surface area contributed by atoms with Crippen molar-refractivity contribution < 1.29 is 4.74 Å². The lowest BCUT2D eigenvalue weighted by atomic mass is 10.1. The van der Waals surface area contributed by atoms with Crippen LogP contribution in [0.4, 0.5) is 0 Å². The van der Waals surface area contributed by atoms with E-state index >= 15 is 0 Å². The third-order valence-electron chi connectivity index (χ3n) is 3.98. The molecule has 0 aliphatic rings. The zero-order chi connectivity index (χ0) is 16.8. The van der Waals surface area contributed by atoms with E-state index in [9.17, 15) is 0 Å². The van der Waals surface area contributed by atoms with Gasteiger partial charge in [0.2, 0.25) is 5.88 Å². The minimum atomic E-state index is -0.0266. The van der Waals surface area contributed by atoms with Crippen molar-refractivity contribution >= 4 is 17.2 Å². The lowest BCUT2D eigenvalue weighted by Gasteiger charge is -2.19. The van der Waals surface area contributed by atoms with Crippen molar-refractivity contribution in [3.63, 3.8) is 0 Å².